The van der Waals surface area contributed by atoms with E-state index in [0.29, 0.717) is 12.8 Å². The standard InChI is InChI=1S/C22H25FN2O5S/c1-30-21(26)15-19(16-7-3-2-4-8-16)24-22(27)17-11-13-25(14-12-17)31(28,29)20-10-6-5-9-18(20)23/h2-10,17,19H,11-15H2,1H3,(H,24,27). The highest BCUT2D eigenvalue weighted by molar-refractivity contribution is 7.89. The van der Waals surface area contributed by atoms with Crippen LogP contribution in [0.5, 0.6) is 0 Å². The number of nitrogens with zero attached hydrogens (tertiary/aromatic N) is 1. The molecule has 2 aromatic rings. The Morgan fingerprint density at radius 2 is 1.71 bits per heavy atom. The van der Waals surface area contributed by atoms with Crippen molar-refractivity contribution in [3.05, 3.63) is 66.0 Å². The minimum absolute atomic E-state index is 0.00718. The number of nitrogens with one attached hydrogen (secondary N) is 1. The number of amides is 1. The van der Waals surface area contributed by atoms with Crippen molar-refractivity contribution in [2.45, 2.75) is 30.2 Å². The summed E-state index contributed by atoms with van der Waals surface area (Å²) in [5, 5.41) is 2.89. The molecule has 0 saturated carbocycles. The third-order valence-electron chi connectivity index (χ3n) is 5.40. The van der Waals surface area contributed by atoms with Crippen molar-refractivity contribution in [2.24, 2.45) is 5.92 Å². The molecule has 2 aromatic carbocycles. The Morgan fingerprint density at radius 1 is 1.10 bits per heavy atom. The van der Waals surface area contributed by atoms with Crippen LogP contribution >= 0.6 is 0 Å². The highest BCUT2D eigenvalue weighted by Gasteiger charge is 2.34. The van der Waals surface area contributed by atoms with Gasteiger partial charge in [0.2, 0.25) is 15.9 Å². The van der Waals surface area contributed by atoms with E-state index in [4.69, 9.17) is 4.74 Å². The molecule has 9 heteroatoms. The van der Waals surface area contributed by atoms with Crippen LogP contribution < -0.4 is 5.32 Å². The largest absolute Gasteiger partial charge is 0.469 e. The van der Waals surface area contributed by atoms with Gasteiger partial charge >= 0.3 is 5.97 Å². The predicted molar refractivity (Wildman–Crippen MR) is 112 cm³/mol. The molecule has 31 heavy (non-hydrogen) atoms. The molecule has 1 saturated heterocycles. The summed E-state index contributed by atoms with van der Waals surface area (Å²) in [7, 11) is -2.67. The van der Waals surface area contributed by atoms with E-state index in [1.807, 2.05) is 30.3 Å². The normalized spacial score (nSPS) is 16.5. The summed E-state index contributed by atoms with van der Waals surface area (Å²) in [5.74, 6) is -1.90. The van der Waals surface area contributed by atoms with Gasteiger partial charge in [-0.1, -0.05) is 42.5 Å². The Balaban J connectivity index is 1.65. The van der Waals surface area contributed by atoms with E-state index >= 15 is 0 Å². The molecular weight excluding hydrogens is 423 g/mol. The third kappa shape index (κ3) is 5.48. The lowest BCUT2D eigenvalue weighted by Gasteiger charge is -2.31. The van der Waals surface area contributed by atoms with E-state index < -0.39 is 33.8 Å². The highest BCUT2D eigenvalue weighted by atomic mass is 32.2. The molecule has 1 fully saturated rings. The molecule has 1 N–H and O–H groups in total. The quantitative estimate of drug-likeness (QED) is 0.658. The molecule has 0 aliphatic carbocycles. The van der Waals surface area contributed by atoms with Crippen LogP contribution in [0, 0.1) is 11.7 Å². The first-order chi connectivity index (χ1) is 14.8. The van der Waals surface area contributed by atoms with Crippen LogP contribution in [-0.2, 0) is 24.3 Å². The molecule has 1 unspecified atom stereocenters. The molecule has 1 aliphatic heterocycles. The number of piperidine rings is 1. The summed E-state index contributed by atoms with van der Waals surface area (Å²) in [6, 6.07) is 13.8. The lowest BCUT2D eigenvalue weighted by Crippen LogP contribution is -2.44. The van der Waals surface area contributed by atoms with Crippen LogP contribution in [0.2, 0.25) is 0 Å². The number of methoxy groups -OCH3 is 1. The van der Waals surface area contributed by atoms with E-state index in [-0.39, 0.29) is 30.3 Å². The van der Waals surface area contributed by atoms with Gasteiger partial charge in [-0.15, -0.1) is 0 Å². The fourth-order valence-electron chi connectivity index (χ4n) is 3.63. The van der Waals surface area contributed by atoms with Gasteiger partial charge in [0.1, 0.15) is 10.7 Å². The van der Waals surface area contributed by atoms with Gasteiger partial charge in [0.15, 0.2) is 0 Å². The van der Waals surface area contributed by atoms with Crippen LogP contribution in [-0.4, -0.2) is 44.8 Å². The maximum atomic E-state index is 14.0. The molecule has 1 amide bonds. The molecule has 0 aromatic heterocycles. The van der Waals surface area contributed by atoms with Crippen LogP contribution in [0.4, 0.5) is 4.39 Å². The second kappa shape index (κ2) is 10.0. The molecule has 0 bridgehead atoms. The summed E-state index contributed by atoms with van der Waals surface area (Å²) in [6.07, 6.45) is 0.602. The number of sulfonamides is 1. The fourth-order valence-corrected chi connectivity index (χ4v) is 5.16. The Bertz CT molecular complexity index is 1020. The topological polar surface area (TPSA) is 92.8 Å². The molecule has 1 aliphatic rings. The number of ether oxygens (including phenoxy) is 1. The molecule has 166 valence electrons. The van der Waals surface area contributed by atoms with E-state index in [1.54, 1.807) is 0 Å². The zero-order chi connectivity index (χ0) is 22.4. The summed E-state index contributed by atoms with van der Waals surface area (Å²) in [5.41, 5.74) is 0.779. The Labute approximate surface area is 181 Å². The monoisotopic (exact) mass is 448 g/mol. The van der Waals surface area contributed by atoms with Gasteiger partial charge in [-0.2, -0.15) is 4.31 Å². The summed E-state index contributed by atoms with van der Waals surface area (Å²) in [6.45, 7) is 0.226. The molecular formula is C22H25FN2O5S. The maximum absolute atomic E-state index is 14.0. The number of carbonyl (C=O) groups excluding carboxylic acids is 2. The summed E-state index contributed by atoms with van der Waals surface area (Å²) >= 11 is 0. The lowest BCUT2D eigenvalue weighted by molar-refractivity contribution is -0.141. The Kier molecular flexibility index (Phi) is 7.40. The number of hydrogen-bond acceptors (Lipinski definition) is 5. The fraction of sp³-hybridized carbons (Fsp3) is 0.364. The van der Waals surface area contributed by atoms with Gasteiger partial charge in [-0.05, 0) is 30.5 Å². The van der Waals surface area contributed by atoms with Crippen molar-refractivity contribution < 1.29 is 27.1 Å². The third-order valence-corrected chi connectivity index (χ3v) is 7.33. The predicted octanol–water partition coefficient (Wildman–Crippen LogP) is 2.65. The molecule has 0 radical (unpaired) electrons. The SMILES string of the molecule is COC(=O)CC(NC(=O)C1CCN(S(=O)(=O)c2ccccc2F)CC1)c1ccccc1. The van der Waals surface area contributed by atoms with Crippen molar-refractivity contribution in [3.63, 3.8) is 0 Å². The van der Waals surface area contributed by atoms with E-state index in [0.717, 1.165) is 11.6 Å². The number of rotatable bonds is 7. The van der Waals surface area contributed by atoms with Crippen molar-refractivity contribution in [2.75, 3.05) is 20.2 Å². The van der Waals surface area contributed by atoms with E-state index in [2.05, 4.69) is 5.32 Å². The zero-order valence-corrected chi connectivity index (χ0v) is 18.0. The minimum atomic E-state index is -3.96. The maximum Gasteiger partial charge on any atom is 0.307 e. The Hall–Kier alpha value is -2.78. The van der Waals surface area contributed by atoms with Crippen LogP contribution in [0.3, 0.4) is 0 Å². The Morgan fingerprint density at radius 3 is 2.32 bits per heavy atom. The average molecular weight is 449 g/mol. The molecule has 7 nitrogen and oxygen atoms in total. The summed E-state index contributed by atoms with van der Waals surface area (Å²) in [4.78, 5) is 24.3. The first-order valence-electron chi connectivity index (χ1n) is 9.99. The first-order valence-corrected chi connectivity index (χ1v) is 11.4. The van der Waals surface area contributed by atoms with Crippen LogP contribution in [0.1, 0.15) is 30.9 Å². The second-order valence-electron chi connectivity index (χ2n) is 7.36. The number of carbonyl (C=O) groups is 2. The van der Waals surface area contributed by atoms with Crippen LogP contribution in [0.25, 0.3) is 0 Å². The smallest absolute Gasteiger partial charge is 0.307 e. The second-order valence-corrected chi connectivity index (χ2v) is 9.27. The van der Waals surface area contributed by atoms with Crippen molar-refractivity contribution in [1.82, 2.24) is 9.62 Å². The molecule has 1 atom stereocenters. The number of esters is 1. The molecule has 1 heterocycles. The molecule has 3 rings (SSSR count). The van der Waals surface area contributed by atoms with Crippen LogP contribution in [0.15, 0.2) is 59.5 Å². The number of hydrogen-bond donors (Lipinski definition) is 1. The van der Waals surface area contributed by atoms with E-state index in [1.165, 1.54) is 29.6 Å². The van der Waals surface area contributed by atoms with E-state index in [9.17, 15) is 22.4 Å². The lowest BCUT2D eigenvalue weighted by atomic mass is 9.95. The van der Waals surface area contributed by atoms with Crippen molar-refractivity contribution in [1.29, 1.82) is 0 Å². The summed E-state index contributed by atoms with van der Waals surface area (Å²) < 4.78 is 45.4. The molecule has 0 spiro atoms. The zero-order valence-electron chi connectivity index (χ0n) is 17.2. The van der Waals surface area contributed by atoms with Gasteiger partial charge < -0.3 is 10.1 Å². The average Bonchev–Trinajstić information content (AvgIpc) is 2.79. The number of benzene rings is 2. The van der Waals surface area contributed by atoms with Gasteiger partial charge in [0.05, 0.1) is 19.6 Å². The van der Waals surface area contributed by atoms with Crippen molar-refractivity contribution >= 4 is 21.9 Å². The highest BCUT2D eigenvalue weighted by Crippen LogP contribution is 2.26. The first kappa shape index (κ1) is 22.9. The number of halogens is 1. The van der Waals surface area contributed by atoms with Gasteiger partial charge in [-0.25, -0.2) is 12.8 Å². The van der Waals surface area contributed by atoms with Gasteiger partial charge in [-0.3, -0.25) is 9.59 Å². The van der Waals surface area contributed by atoms with Gasteiger partial charge in [0, 0.05) is 19.0 Å². The van der Waals surface area contributed by atoms with Gasteiger partial charge in [0.25, 0.3) is 0 Å². The van der Waals surface area contributed by atoms with Crippen molar-refractivity contribution in [3.8, 4) is 0 Å². The minimum Gasteiger partial charge on any atom is -0.469 e.